The zero-order chi connectivity index (χ0) is 18.5. The minimum absolute atomic E-state index is 0.0625. The highest BCUT2D eigenvalue weighted by Gasteiger charge is 2.25. The van der Waals surface area contributed by atoms with Gasteiger partial charge in [-0.3, -0.25) is 9.69 Å². The van der Waals surface area contributed by atoms with Gasteiger partial charge in [-0.2, -0.15) is 0 Å². The first kappa shape index (κ1) is 18.4. The Labute approximate surface area is 163 Å². The van der Waals surface area contributed by atoms with E-state index in [0.717, 1.165) is 44.1 Å². The highest BCUT2D eigenvalue weighted by molar-refractivity contribution is 7.99. The van der Waals surface area contributed by atoms with Crippen molar-refractivity contribution in [3.8, 4) is 0 Å². The molecular weight excluding hydrogens is 360 g/mol. The van der Waals surface area contributed by atoms with E-state index in [1.807, 2.05) is 10.7 Å². The number of thioether (sulfide) groups is 1. The average molecular weight is 387 g/mol. The largest absolute Gasteiger partial charge is 0.351 e. The molecule has 8 heteroatoms. The van der Waals surface area contributed by atoms with Crippen LogP contribution in [-0.4, -0.2) is 55.9 Å². The molecule has 2 heterocycles. The average Bonchev–Trinajstić information content (AvgIpc) is 3.42. The lowest BCUT2D eigenvalue weighted by Crippen LogP contribution is -2.38. The van der Waals surface area contributed by atoms with Gasteiger partial charge in [-0.05, 0) is 35.3 Å². The maximum Gasteiger partial charge on any atom is 0.230 e. The van der Waals surface area contributed by atoms with Crippen molar-refractivity contribution in [2.75, 3.05) is 18.8 Å². The highest BCUT2D eigenvalue weighted by Crippen LogP contribution is 2.31. The number of nitrogens with zero attached hydrogens (tertiary/aromatic N) is 5. The first-order valence-electron chi connectivity index (χ1n) is 9.74. The molecular formula is C19H26N6OS. The summed E-state index contributed by atoms with van der Waals surface area (Å²) in [5, 5.41) is 16.0. The summed E-state index contributed by atoms with van der Waals surface area (Å²) in [7, 11) is 0. The van der Waals surface area contributed by atoms with Crippen molar-refractivity contribution in [1.29, 1.82) is 0 Å². The lowest BCUT2D eigenvalue weighted by molar-refractivity contribution is -0.119. The van der Waals surface area contributed by atoms with Crippen LogP contribution in [0.3, 0.4) is 0 Å². The van der Waals surface area contributed by atoms with Crippen LogP contribution in [0.4, 0.5) is 0 Å². The number of amides is 1. The Morgan fingerprint density at radius 1 is 1.19 bits per heavy atom. The Balaban J connectivity index is 1.22. The maximum absolute atomic E-state index is 12.4. The van der Waals surface area contributed by atoms with E-state index in [4.69, 9.17) is 0 Å². The fraction of sp³-hybridized carbons (Fsp3) is 0.579. The Morgan fingerprint density at radius 2 is 2.00 bits per heavy atom. The van der Waals surface area contributed by atoms with Crippen LogP contribution < -0.4 is 5.32 Å². The SMILES string of the molecule is O=C(CSc1nnnn1C1CCCC1)N[C@@H]1CCN(Cc2ccccc2)C1. The fourth-order valence-corrected chi connectivity index (χ4v) is 4.75. The molecule has 0 bridgehead atoms. The van der Waals surface area contributed by atoms with E-state index in [1.165, 1.54) is 30.2 Å². The molecule has 1 aromatic carbocycles. The van der Waals surface area contributed by atoms with Crippen LogP contribution in [0.5, 0.6) is 0 Å². The van der Waals surface area contributed by atoms with Gasteiger partial charge in [-0.1, -0.05) is 54.9 Å². The molecule has 1 saturated heterocycles. The first-order chi connectivity index (χ1) is 13.3. The monoisotopic (exact) mass is 386 g/mol. The number of nitrogens with one attached hydrogen (secondary N) is 1. The molecule has 0 spiro atoms. The molecule has 1 aliphatic heterocycles. The standard InChI is InChI=1S/C19H26N6OS/c26-18(14-27-19-21-22-23-25(19)17-8-4-5-9-17)20-16-10-11-24(13-16)12-15-6-2-1-3-7-15/h1-3,6-7,16-17H,4-5,8-14H2,(H,20,26)/t16-/m1/s1. The lowest BCUT2D eigenvalue weighted by atomic mass is 10.2. The van der Waals surface area contributed by atoms with E-state index in [-0.39, 0.29) is 11.9 Å². The summed E-state index contributed by atoms with van der Waals surface area (Å²) in [6.07, 6.45) is 5.73. The summed E-state index contributed by atoms with van der Waals surface area (Å²) in [4.78, 5) is 14.8. The van der Waals surface area contributed by atoms with E-state index < -0.39 is 0 Å². The normalized spacial score (nSPS) is 21.0. The Morgan fingerprint density at radius 3 is 2.81 bits per heavy atom. The van der Waals surface area contributed by atoms with Gasteiger partial charge in [0.2, 0.25) is 11.1 Å². The molecule has 0 radical (unpaired) electrons. The van der Waals surface area contributed by atoms with Gasteiger partial charge in [0.15, 0.2) is 0 Å². The second-order valence-corrected chi connectivity index (χ2v) is 8.35. The van der Waals surface area contributed by atoms with E-state index in [2.05, 4.69) is 50.0 Å². The predicted molar refractivity (Wildman–Crippen MR) is 104 cm³/mol. The number of benzene rings is 1. The third-order valence-electron chi connectivity index (χ3n) is 5.35. The molecule has 1 aliphatic carbocycles. The van der Waals surface area contributed by atoms with Crippen LogP contribution in [0, 0.1) is 0 Å². The second kappa shape index (κ2) is 8.84. The van der Waals surface area contributed by atoms with Gasteiger partial charge in [0.05, 0.1) is 11.8 Å². The van der Waals surface area contributed by atoms with E-state index in [1.54, 1.807) is 0 Å². The number of rotatable bonds is 7. The van der Waals surface area contributed by atoms with Crippen molar-refractivity contribution < 1.29 is 4.79 Å². The number of hydrogen-bond acceptors (Lipinski definition) is 6. The quantitative estimate of drug-likeness (QED) is 0.736. The number of hydrogen-bond donors (Lipinski definition) is 1. The Hall–Kier alpha value is -1.93. The summed E-state index contributed by atoms with van der Waals surface area (Å²) in [6.45, 7) is 2.87. The highest BCUT2D eigenvalue weighted by atomic mass is 32.2. The van der Waals surface area contributed by atoms with Gasteiger partial charge in [0, 0.05) is 25.7 Å². The van der Waals surface area contributed by atoms with Crippen molar-refractivity contribution in [3.05, 3.63) is 35.9 Å². The summed E-state index contributed by atoms with van der Waals surface area (Å²) < 4.78 is 1.90. The fourth-order valence-electron chi connectivity index (χ4n) is 3.99. The van der Waals surface area contributed by atoms with Gasteiger partial charge in [-0.25, -0.2) is 4.68 Å². The first-order valence-corrected chi connectivity index (χ1v) is 10.7. The van der Waals surface area contributed by atoms with Crippen molar-refractivity contribution in [2.24, 2.45) is 0 Å². The molecule has 27 heavy (non-hydrogen) atoms. The Bertz CT molecular complexity index is 746. The van der Waals surface area contributed by atoms with Crippen LogP contribution in [0.25, 0.3) is 0 Å². The summed E-state index contributed by atoms with van der Waals surface area (Å²) in [5.74, 6) is 0.426. The summed E-state index contributed by atoms with van der Waals surface area (Å²) >= 11 is 1.44. The van der Waals surface area contributed by atoms with Gasteiger partial charge in [-0.15, -0.1) is 5.10 Å². The molecule has 1 amide bonds. The molecule has 2 aromatic rings. The molecule has 7 nitrogen and oxygen atoms in total. The minimum Gasteiger partial charge on any atom is -0.351 e. The van der Waals surface area contributed by atoms with Gasteiger partial charge >= 0.3 is 0 Å². The molecule has 1 atom stereocenters. The zero-order valence-electron chi connectivity index (χ0n) is 15.5. The van der Waals surface area contributed by atoms with Crippen molar-refractivity contribution in [3.63, 3.8) is 0 Å². The zero-order valence-corrected chi connectivity index (χ0v) is 16.3. The topological polar surface area (TPSA) is 75.9 Å². The van der Waals surface area contributed by atoms with Crippen LogP contribution in [0.1, 0.15) is 43.7 Å². The van der Waals surface area contributed by atoms with Crippen LogP contribution in [-0.2, 0) is 11.3 Å². The summed E-state index contributed by atoms with van der Waals surface area (Å²) in [6, 6.07) is 11.1. The third-order valence-corrected chi connectivity index (χ3v) is 6.29. The molecule has 2 fully saturated rings. The molecule has 0 unspecified atom stereocenters. The van der Waals surface area contributed by atoms with Crippen LogP contribution in [0.15, 0.2) is 35.5 Å². The lowest BCUT2D eigenvalue weighted by Gasteiger charge is -2.17. The van der Waals surface area contributed by atoms with Gasteiger partial charge < -0.3 is 5.32 Å². The summed E-state index contributed by atoms with van der Waals surface area (Å²) in [5.41, 5.74) is 1.32. The molecule has 144 valence electrons. The van der Waals surface area contributed by atoms with E-state index in [9.17, 15) is 4.79 Å². The second-order valence-electron chi connectivity index (χ2n) is 7.41. The van der Waals surface area contributed by atoms with Crippen LogP contribution in [0.2, 0.25) is 0 Å². The number of tetrazole rings is 1. The number of aromatic nitrogens is 4. The molecule has 4 rings (SSSR count). The van der Waals surface area contributed by atoms with Gasteiger partial charge in [0.25, 0.3) is 0 Å². The van der Waals surface area contributed by atoms with Crippen LogP contribution >= 0.6 is 11.8 Å². The third kappa shape index (κ3) is 4.87. The molecule has 2 aliphatic rings. The number of carbonyl (C=O) groups excluding carboxylic acids is 1. The van der Waals surface area contributed by atoms with Crippen molar-refractivity contribution in [2.45, 2.75) is 55.9 Å². The minimum atomic E-state index is 0.0625. The number of likely N-dealkylation sites (tertiary alicyclic amines) is 1. The van der Waals surface area contributed by atoms with Crippen molar-refractivity contribution >= 4 is 17.7 Å². The van der Waals surface area contributed by atoms with Crippen molar-refractivity contribution in [1.82, 2.24) is 30.4 Å². The maximum atomic E-state index is 12.4. The smallest absolute Gasteiger partial charge is 0.230 e. The Kier molecular flexibility index (Phi) is 6.03. The molecule has 1 aromatic heterocycles. The van der Waals surface area contributed by atoms with E-state index in [0.29, 0.717) is 11.8 Å². The molecule has 1 N–H and O–H groups in total. The van der Waals surface area contributed by atoms with E-state index >= 15 is 0 Å². The molecule has 1 saturated carbocycles. The predicted octanol–water partition coefficient (Wildman–Crippen LogP) is 2.27. The van der Waals surface area contributed by atoms with Gasteiger partial charge in [0.1, 0.15) is 0 Å². The number of carbonyl (C=O) groups is 1.